The van der Waals surface area contributed by atoms with Crippen LogP contribution in [0.5, 0.6) is 5.75 Å². The molecular formula is C22H24N3O8. The molecule has 1 radical (unpaired) electrons. The summed E-state index contributed by atoms with van der Waals surface area (Å²) in [6.45, 7) is 1.62. The van der Waals surface area contributed by atoms with Gasteiger partial charge in [0.05, 0.1) is 29.3 Å². The Hall–Kier alpha value is -3.41. The Labute approximate surface area is 188 Å². The van der Waals surface area contributed by atoms with Crippen LogP contribution >= 0.6 is 0 Å². The Balaban J connectivity index is 2.04. The number of anilines is 1. The fourth-order valence-corrected chi connectivity index (χ4v) is 5.24. The van der Waals surface area contributed by atoms with Crippen LogP contribution in [-0.4, -0.2) is 79.7 Å². The normalized spacial score (nSPS) is 31.5. The third kappa shape index (κ3) is 2.70. The number of aromatic hydroxyl groups is 1. The Bertz CT molecular complexity index is 1200. The number of aryl methyl sites for hydroxylation is 1. The summed E-state index contributed by atoms with van der Waals surface area (Å²) in [5.41, 5.74) is 7.23. The van der Waals surface area contributed by atoms with Gasteiger partial charge in [-0.05, 0) is 32.1 Å². The molecule has 4 rings (SSSR count). The highest BCUT2D eigenvalue weighted by molar-refractivity contribution is 6.24. The first-order valence-corrected chi connectivity index (χ1v) is 10.1. The molecular weight excluding hydrogens is 434 g/mol. The van der Waals surface area contributed by atoms with Crippen LogP contribution in [0.1, 0.15) is 16.7 Å². The van der Waals surface area contributed by atoms with E-state index < -0.39 is 75.5 Å². The SMILES string of the molecule is Cc1cc2c(c(O)c1N)C(O)=C1C(=O)[C@]3(O)C(O)=C(C(N)=O)C(=O)[C@@H](N(C)C)[C@@H]3[C@@H](O)[C@@H]1[CH]2. The summed E-state index contributed by atoms with van der Waals surface area (Å²) in [4.78, 5) is 39.9. The van der Waals surface area contributed by atoms with Crippen molar-refractivity contribution >= 4 is 28.9 Å². The van der Waals surface area contributed by atoms with Crippen molar-refractivity contribution in [3.63, 3.8) is 0 Å². The molecule has 175 valence electrons. The average molecular weight is 458 g/mol. The first-order valence-electron chi connectivity index (χ1n) is 10.1. The van der Waals surface area contributed by atoms with Crippen molar-refractivity contribution in [1.29, 1.82) is 0 Å². The fraction of sp³-hybridized carbons (Fsp3) is 0.364. The lowest BCUT2D eigenvalue weighted by molar-refractivity contribution is -0.167. The molecule has 11 heteroatoms. The zero-order valence-corrected chi connectivity index (χ0v) is 18.0. The van der Waals surface area contributed by atoms with Gasteiger partial charge in [-0.25, -0.2) is 0 Å². The number of likely N-dealkylation sites (N-methyl/N-ethyl adjacent to an activating group) is 1. The van der Waals surface area contributed by atoms with Crippen molar-refractivity contribution in [2.45, 2.75) is 24.7 Å². The van der Waals surface area contributed by atoms with E-state index in [0.29, 0.717) is 5.56 Å². The number of carbonyl (C=O) groups is 3. The number of phenols is 1. The second-order valence-corrected chi connectivity index (χ2v) is 8.85. The molecule has 1 aromatic carbocycles. The lowest BCUT2D eigenvalue weighted by atomic mass is 9.56. The molecule has 33 heavy (non-hydrogen) atoms. The van der Waals surface area contributed by atoms with E-state index in [4.69, 9.17) is 11.5 Å². The minimum atomic E-state index is -2.94. The molecule has 0 aromatic heterocycles. The first kappa shape index (κ1) is 22.8. The van der Waals surface area contributed by atoms with E-state index in [1.807, 2.05) is 0 Å². The quantitative estimate of drug-likeness (QED) is 0.160. The summed E-state index contributed by atoms with van der Waals surface area (Å²) in [6, 6.07) is 0.153. The third-order valence-corrected chi connectivity index (χ3v) is 6.83. The van der Waals surface area contributed by atoms with Gasteiger partial charge in [0.2, 0.25) is 5.78 Å². The number of nitrogen functional groups attached to an aromatic ring is 1. The number of amides is 1. The fourth-order valence-electron chi connectivity index (χ4n) is 5.24. The largest absolute Gasteiger partial charge is 0.508 e. The van der Waals surface area contributed by atoms with E-state index in [1.165, 1.54) is 25.4 Å². The van der Waals surface area contributed by atoms with E-state index in [-0.39, 0.29) is 16.8 Å². The Morgan fingerprint density at radius 3 is 2.33 bits per heavy atom. The van der Waals surface area contributed by atoms with Gasteiger partial charge in [-0.3, -0.25) is 19.3 Å². The first-order chi connectivity index (χ1) is 15.3. The molecule has 1 amide bonds. The van der Waals surface area contributed by atoms with Gasteiger partial charge >= 0.3 is 0 Å². The number of carbonyl (C=O) groups excluding carboxylic acids is 3. The molecule has 0 heterocycles. The minimum Gasteiger partial charge on any atom is -0.508 e. The second-order valence-electron chi connectivity index (χ2n) is 8.85. The molecule has 9 N–H and O–H groups in total. The van der Waals surface area contributed by atoms with Gasteiger partial charge in [0.25, 0.3) is 5.91 Å². The highest BCUT2D eigenvalue weighted by Crippen LogP contribution is 2.53. The molecule has 0 aliphatic heterocycles. The Morgan fingerprint density at radius 2 is 1.79 bits per heavy atom. The number of benzene rings is 1. The number of nitrogens with two attached hydrogens (primary N) is 2. The van der Waals surface area contributed by atoms with Gasteiger partial charge in [0.1, 0.15) is 22.8 Å². The number of aliphatic hydroxyl groups is 4. The summed E-state index contributed by atoms with van der Waals surface area (Å²) >= 11 is 0. The number of hydrogen-bond donors (Lipinski definition) is 7. The summed E-state index contributed by atoms with van der Waals surface area (Å²) in [5.74, 6) is -8.89. The van der Waals surface area contributed by atoms with Gasteiger partial charge in [-0.2, -0.15) is 0 Å². The molecule has 3 aliphatic rings. The van der Waals surface area contributed by atoms with Crippen LogP contribution in [-0.2, 0) is 14.4 Å². The average Bonchev–Trinajstić information content (AvgIpc) is 2.71. The number of fused-ring (bicyclic) bond motifs is 3. The molecule has 1 fully saturated rings. The number of aliphatic hydroxyl groups excluding tert-OH is 3. The van der Waals surface area contributed by atoms with Crippen LogP contribution in [0.3, 0.4) is 0 Å². The zero-order valence-electron chi connectivity index (χ0n) is 18.0. The van der Waals surface area contributed by atoms with Crippen molar-refractivity contribution in [3.8, 4) is 5.75 Å². The summed E-state index contributed by atoms with van der Waals surface area (Å²) in [6.07, 6.45) is -0.244. The van der Waals surface area contributed by atoms with E-state index in [0.717, 1.165) is 0 Å². The van der Waals surface area contributed by atoms with Gasteiger partial charge in [-0.15, -0.1) is 0 Å². The standard InChI is InChI=1S/C22H24N3O8/c1-6-4-7-5-8-10(16(27)9(7)17(28)13(6)23)19(30)22(33)12(15(8)26)14(25(2)3)18(29)11(20(22)31)21(24)32/h4-5,8,12,14-15,26-28,31,33H,23H2,1-3H3,(H2,24,32)/t8-,12-,14+,15+,22+/m1/s1. The van der Waals surface area contributed by atoms with Crippen LogP contribution in [0, 0.1) is 25.2 Å². The predicted molar refractivity (Wildman–Crippen MR) is 114 cm³/mol. The van der Waals surface area contributed by atoms with Crippen LogP contribution in [0.4, 0.5) is 5.69 Å². The molecule has 3 aliphatic carbocycles. The van der Waals surface area contributed by atoms with Crippen molar-refractivity contribution in [2.24, 2.45) is 17.6 Å². The van der Waals surface area contributed by atoms with E-state index in [9.17, 15) is 39.9 Å². The molecule has 0 spiro atoms. The van der Waals surface area contributed by atoms with E-state index in [1.54, 1.807) is 13.0 Å². The van der Waals surface area contributed by atoms with Crippen molar-refractivity contribution in [2.75, 3.05) is 19.8 Å². The van der Waals surface area contributed by atoms with Crippen molar-refractivity contribution in [3.05, 3.63) is 46.1 Å². The Kier molecular flexibility index (Phi) is 4.86. The summed E-state index contributed by atoms with van der Waals surface area (Å²) < 4.78 is 0. The summed E-state index contributed by atoms with van der Waals surface area (Å²) in [7, 11) is 2.88. The smallest absolute Gasteiger partial charge is 0.255 e. The topological polar surface area (TPSA) is 208 Å². The van der Waals surface area contributed by atoms with Gasteiger partial charge in [-0.1, -0.05) is 6.07 Å². The second kappa shape index (κ2) is 7.04. The van der Waals surface area contributed by atoms with Gasteiger partial charge in [0, 0.05) is 17.9 Å². The third-order valence-electron chi connectivity index (χ3n) is 6.83. The number of Topliss-reactive ketones (excluding diaryl/α,β-unsaturated/α-hetero) is 2. The lowest BCUT2D eigenvalue weighted by Crippen LogP contribution is -2.70. The Morgan fingerprint density at radius 1 is 1.18 bits per heavy atom. The van der Waals surface area contributed by atoms with Gasteiger partial charge in [0.15, 0.2) is 11.4 Å². The minimum absolute atomic E-state index is 0.0390. The van der Waals surface area contributed by atoms with Crippen molar-refractivity contribution in [1.82, 2.24) is 4.90 Å². The monoisotopic (exact) mass is 458 g/mol. The highest BCUT2D eigenvalue weighted by atomic mass is 16.4. The molecule has 0 unspecified atom stereocenters. The number of rotatable bonds is 2. The van der Waals surface area contributed by atoms with E-state index in [2.05, 4.69) is 0 Å². The van der Waals surface area contributed by atoms with Gasteiger partial charge < -0.3 is 37.0 Å². The lowest BCUT2D eigenvalue weighted by Gasteiger charge is -2.52. The maximum atomic E-state index is 13.6. The van der Waals surface area contributed by atoms with Crippen LogP contribution in [0.15, 0.2) is 23.0 Å². The molecule has 0 bridgehead atoms. The van der Waals surface area contributed by atoms with Crippen LogP contribution < -0.4 is 11.5 Å². The molecule has 0 saturated heterocycles. The van der Waals surface area contributed by atoms with Crippen molar-refractivity contribution < 1.29 is 39.9 Å². The number of ketones is 2. The highest BCUT2D eigenvalue weighted by Gasteiger charge is 2.67. The molecule has 11 nitrogen and oxygen atoms in total. The molecule has 1 saturated carbocycles. The van der Waals surface area contributed by atoms with Crippen LogP contribution in [0.25, 0.3) is 5.76 Å². The molecule has 5 atom stereocenters. The van der Waals surface area contributed by atoms with Crippen LogP contribution in [0.2, 0.25) is 0 Å². The zero-order chi connectivity index (χ0) is 24.7. The molecule has 1 aromatic rings. The maximum Gasteiger partial charge on any atom is 0.255 e. The number of primary amides is 1. The summed E-state index contributed by atoms with van der Waals surface area (Å²) in [5, 5.41) is 55.0. The van der Waals surface area contributed by atoms with E-state index >= 15 is 0 Å². The number of hydrogen-bond acceptors (Lipinski definition) is 10. The number of nitrogens with zero attached hydrogens (tertiary/aromatic N) is 1. The number of phenolic OH excluding ortho intramolecular Hbond substituents is 1. The maximum absolute atomic E-state index is 13.6. The predicted octanol–water partition coefficient (Wildman–Crippen LogP) is -1.16.